The van der Waals surface area contributed by atoms with Crippen molar-refractivity contribution in [3.63, 3.8) is 0 Å². The Morgan fingerprint density at radius 3 is 2.31 bits per heavy atom. The predicted molar refractivity (Wildman–Crippen MR) is 43.3 cm³/mol. The Kier molecular flexibility index (Phi) is 3.39. The van der Waals surface area contributed by atoms with Crippen molar-refractivity contribution in [2.24, 2.45) is 0 Å². The fourth-order valence-corrected chi connectivity index (χ4v) is 0.919. The molecule has 0 saturated carbocycles. The molecular formula is C8H13NO4. The lowest BCUT2D eigenvalue weighted by atomic mass is 10.4. The van der Waals surface area contributed by atoms with Crippen LogP contribution in [0.2, 0.25) is 0 Å². The van der Waals surface area contributed by atoms with Crippen LogP contribution in [0.4, 0.5) is 0 Å². The van der Waals surface area contributed by atoms with Crippen LogP contribution in [0.15, 0.2) is 0 Å². The summed E-state index contributed by atoms with van der Waals surface area (Å²) in [6.07, 6.45) is 0.494. The number of hydroxylamine groups is 2. The quantitative estimate of drug-likeness (QED) is 0.473. The fraction of sp³-hybridized carbons (Fsp3) is 0.750. The lowest BCUT2D eigenvalue weighted by Crippen LogP contribution is -2.30. The number of imide groups is 1. The average Bonchev–Trinajstić information content (AvgIpc) is 2.34. The van der Waals surface area contributed by atoms with E-state index in [0.717, 1.165) is 5.06 Å². The Hall–Kier alpha value is -0.940. The van der Waals surface area contributed by atoms with Gasteiger partial charge in [0.25, 0.3) is 11.8 Å². The lowest BCUT2D eigenvalue weighted by Gasteiger charge is -2.14. The minimum absolute atomic E-state index is 0.0211. The Bertz CT molecular complexity index is 198. The van der Waals surface area contributed by atoms with Crippen molar-refractivity contribution < 1.29 is 19.2 Å². The number of ether oxygens (including phenoxy) is 1. The molecule has 0 bridgehead atoms. The van der Waals surface area contributed by atoms with E-state index in [4.69, 9.17) is 9.57 Å². The minimum Gasteiger partial charge on any atom is -0.350 e. The monoisotopic (exact) mass is 187 g/mol. The van der Waals surface area contributed by atoms with E-state index < -0.39 is 0 Å². The van der Waals surface area contributed by atoms with Crippen molar-refractivity contribution in [1.82, 2.24) is 5.06 Å². The van der Waals surface area contributed by atoms with E-state index >= 15 is 0 Å². The molecular weight excluding hydrogens is 174 g/mol. The normalized spacial score (nSPS) is 17.6. The second-order valence-electron chi connectivity index (χ2n) is 3.04. The van der Waals surface area contributed by atoms with Gasteiger partial charge >= 0.3 is 0 Å². The molecule has 0 aliphatic carbocycles. The molecule has 1 rings (SSSR count). The molecule has 1 aliphatic rings. The van der Waals surface area contributed by atoms with Crippen LogP contribution in [0, 0.1) is 0 Å². The van der Waals surface area contributed by atoms with Crippen molar-refractivity contribution in [3.05, 3.63) is 0 Å². The van der Waals surface area contributed by atoms with Crippen LogP contribution in [0.1, 0.15) is 26.7 Å². The van der Waals surface area contributed by atoms with Gasteiger partial charge in [0.1, 0.15) is 0 Å². The van der Waals surface area contributed by atoms with Crippen molar-refractivity contribution in [2.45, 2.75) is 32.8 Å². The number of amides is 2. The Balaban J connectivity index is 2.27. The second-order valence-corrected chi connectivity index (χ2v) is 3.04. The van der Waals surface area contributed by atoms with Crippen LogP contribution in [0.25, 0.3) is 0 Å². The van der Waals surface area contributed by atoms with E-state index in [9.17, 15) is 9.59 Å². The van der Waals surface area contributed by atoms with Gasteiger partial charge in [-0.2, -0.15) is 5.06 Å². The maximum absolute atomic E-state index is 11.0. The van der Waals surface area contributed by atoms with E-state index in [1.807, 2.05) is 13.8 Å². The number of hydrogen-bond acceptors (Lipinski definition) is 4. The van der Waals surface area contributed by atoms with Gasteiger partial charge < -0.3 is 4.74 Å². The molecule has 0 atom stereocenters. The average molecular weight is 187 g/mol. The Morgan fingerprint density at radius 1 is 1.31 bits per heavy atom. The van der Waals surface area contributed by atoms with Gasteiger partial charge in [0, 0.05) is 12.8 Å². The number of hydrogen-bond donors (Lipinski definition) is 0. The number of carbonyl (C=O) groups is 2. The molecule has 0 aromatic heterocycles. The van der Waals surface area contributed by atoms with Crippen LogP contribution in [-0.2, 0) is 19.2 Å². The summed E-state index contributed by atoms with van der Waals surface area (Å²) in [7, 11) is 0. The summed E-state index contributed by atoms with van der Waals surface area (Å²) >= 11 is 0. The molecule has 0 radical (unpaired) electrons. The molecule has 5 heteroatoms. The molecule has 5 nitrogen and oxygen atoms in total. The number of carbonyl (C=O) groups excluding carboxylic acids is 2. The first-order valence-corrected chi connectivity index (χ1v) is 4.21. The van der Waals surface area contributed by atoms with E-state index in [1.165, 1.54) is 0 Å². The van der Waals surface area contributed by atoms with Crippen LogP contribution in [-0.4, -0.2) is 29.8 Å². The van der Waals surface area contributed by atoms with Crippen LogP contribution in [0.3, 0.4) is 0 Å². The predicted octanol–water partition coefficient (Wildman–Crippen LogP) is 0.450. The molecule has 13 heavy (non-hydrogen) atoms. The summed E-state index contributed by atoms with van der Waals surface area (Å²) in [6.45, 7) is 3.63. The number of nitrogens with zero attached hydrogens (tertiary/aromatic N) is 1. The summed E-state index contributed by atoms with van der Waals surface area (Å²) in [5, 5.41) is 0.780. The third-order valence-corrected chi connectivity index (χ3v) is 1.59. The highest BCUT2D eigenvalue weighted by molar-refractivity contribution is 6.00. The molecule has 1 heterocycles. The van der Waals surface area contributed by atoms with E-state index in [2.05, 4.69) is 0 Å². The van der Waals surface area contributed by atoms with Crippen molar-refractivity contribution >= 4 is 11.8 Å². The third kappa shape index (κ3) is 2.78. The fourth-order valence-electron chi connectivity index (χ4n) is 0.919. The van der Waals surface area contributed by atoms with Gasteiger partial charge in [-0.3, -0.25) is 9.59 Å². The molecule has 0 N–H and O–H groups in total. The van der Waals surface area contributed by atoms with E-state index in [0.29, 0.717) is 0 Å². The molecule has 1 saturated heterocycles. The summed E-state index contributed by atoms with van der Waals surface area (Å²) < 4.78 is 5.03. The lowest BCUT2D eigenvalue weighted by molar-refractivity contribution is -0.222. The summed E-state index contributed by atoms with van der Waals surface area (Å²) in [6, 6.07) is 0. The van der Waals surface area contributed by atoms with Gasteiger partial charge in [0.15, 0.2) is 6.79 Å². The zero-order valence-corrected chi connectivity index (χ0v) is 7.78. The second kappa shape index (κ2) is 4.34. The van der Waals surface area contributed by atoms with Gasteiger partial charge in [0.2, 0.25) is 0 Å². The first-order chi connectivity index (χ1) is 6.11. The van der Waals surface area contributed by atoms with Gasteiger partial charge in [0.05, 0.1) is 6.10 Å². The van der Waals surface area contributed by atoms with Crippen molar-refractivity contribution in [3.8, 4) is 0 Å². The maximum Gasteiger partial charge on any atom is 0.254 e. The Labute approximate surface area is 76.6 Å². The van der Waals surface area contributed by atoms with Gasteiger partial charge in [-0.1, -0.05) is 0 Å². The highest BCUT2D eigenvalue weighted by Gasteiger charge is 2.30. The van der Waals surface area contributed by atoms with Gasteiger partial charge in [-0.15, -0.1) is 0 Å². The number of rotatable bonds is 4. The highest BCUT2D eigenvalue weighted by atomic mass is 16.8. The standard InChI is InChI=1S/C8H13NO4/c1-6(2)12-5-13-9-7(10)3-4-8(9)11/h6H,3-5H2,1-2H3. The topological polar surface area (TPSA) is 55.8 Å². The Morgan fingerprint density at radius 2 is 1.85 bits per heavy atom. The maximum atomic E-state index is 11.0. The molecule has 1 fully saturated rings. The molecule has 74 valence electrons. The SMILES string of the molecule is CC(C)OCON1C(=O)CCC1=O. The molecule has 0 aromatic rings. The van der Waals surface area contributed by atoms with E-state index in [1.54, 1.807) is 0 Å². The summed E-state index contributed by atoms with van der Waals surface area (Å²) in [5.41, 5.74) is 0. The smallest absolute Gasteiger partial charge is 0.254 e. The molecule has 1 aliphatic heterocycles. The summed E-state index contributed by atoms with van der Waals surface area (Å²) in [4.78, 5) is 26.8. The molecule has 2 amide bonds. The first kappa shape index (κ1) is 10.1. The van der Waals surface area contributed by atoms with Crippen molar-refractivity contribution in [1.29, 1.82) is 0 Å². The minimum atomic E-state index is -0.294. The third-order valence-electron chi connectivity index (χ3n) is 1.59. The van der Waals surface area contributed by atoms with Crippen LogP contribution < -0.4 is 0 Å². The molecule has 0 spiro atoms. The van der Waals surface area contributed by atoms with Crippen molar-refractivity contribution in [2.75, 3.05) is 6.79 Å². The zero-order chi connectivity index (χ0) is 9.84. The van der Waals surface area contributed by atoms with E-state index in [-0.39, 0.29) is 37.6 Å². The highest BCUT2D eigenvalue weighted by Crippen LogP contribution is 2.11. The van der Waals surface area contributed by atoms with Crippen LogP contribution >= 0.6 is 0 Å². The first-order valence-electron chi connectivity index (χ1n) is 4.21. The zero-order valence-electron chi connectivity index (χ0n) is 7.78. The van der Waals surface area contributed by atoms with Gasteiger partial charge in [-0.05, 0) is 13.8 Å². The largest absolute Gasteiger partial charge is 0.350 e. The van der Waals surface area contributed by atoms with Crippen LogP contribution in [0.5, 0.6) is 0 Å². The summed E-state index contributed by atoms with van der Waals surface area (Å²) in [5.74, 6) is -0.588. The molecule has 0 unspecified atom stereocenters. The molecule has 0 aromatic carbocycles. The van der Waals surface area contributed by atoms with Gasteiger partial charge in [-0.25, -0.2) is 4.84 Å².